The first kappa shape index (κ1) is 9.38. The highest BCUT2D eigenvalue weighted by molar-refractivity contribution is 7.39. The summed E-state index contributed by atoms with van der Waals surface area (Å²) in [4.78, 5) is 0. The van der Waals surface area contributed by atoms with Gasteiger partial charge in [-0.25, -0.2) is 0 Å². The second-order valence-corrected chi connectivity index (χ2v) is 2.26. The van der Waals surface area contributed by atoms with Gasteiger partial charge >= 0.3 is 0 Å². The highest BCUT2D eigenvalue weighted by atomic mass is 35.5. The lowest BCUT2D eigenvalue weighted by Crippen LogP contribution is -1.39. The van der Waals surface area contributed by atoms with Crippen molar-refractivity contribution in [1.29, 1.82) is 0 Å². The van der Waals surface area contributed by atoms with Gasteiger partial charge in [-0.05, 0) is 6.66 Å². The van der Waals surface area contributed by atoms with E-state index in [1.54, 1.807) is 0 Å². The zero-order chi connectivity index (χ0) is 3.41. The highest BCUT2D eigenvalue weighted by Crippen LogP contribution is 2.01. The fourth-order valence-electron chi connectivity index (χ4n) is 0. The van der Waals surface area contributed by atoms with Crippen molar-refractivity contribution in [2.75, 3.05) is 12.3 Å². The number of halogens is 2. The molecule has 0 bridgehead atoms. The molecule has 0 fully saturated rings. The lowest BCUT2D eigenvalue weighted by molar-refractivity contribution is 2.16. The Balaban J connectivity index is 0. The maximum Gasteiger partial charge on any atom is 0.0392 e. The molecule has 0 N–H and O–H groups in total. The van der Waals surface area contributed by atoms with Gasteiger partial charge in [-0.15, -0.1) is 32.6 Å². The maximum absolute atomic E-state index is 5.20. The van der Waals surface area contributed by atoms with Crippen LogP contribution in [0.1, 0.15) is 0 Å². The van der Waals surface area contributed by atoms with Gasteiger partial charge in [0.15, 0.2) is 0 Å². The molecule has 3 heteroatoms. The molecule has 0 aliphatic heterocycles. The summed E-state index contributed by atoms with van der Waals surface area (Å²) in [6.45, 7) is 2.08. The van der Waals surface area contributed by atoms with Crippen LogP contribution in [-0.4, -0.2) is 12.3 Å². The second kappa shape index (κ2) is 8.89. The second-order valence-electron chi connectivity index (χ2n) is 0.487. The van der Waals surface area contributed by atoms with E-state index in [0.29, 0.717) is 0 Å². The van der Waals surface area contributed by atoms with Gasteiger partial charge in [0.1, 0.15) is 0 Å². The van der Waals surface area contributed by atoms with E-state index >= 15 is 0 Å². The van der Waals surface area contributed by atoms with E-state index in [4.69, 9.17) is 11.6 Å². The Bertz CT molecular complexity index is 9.61. The predicted molar refractivity (Wildman–Crippen MR) is 32.2 cm³/mol. The van der Waals surface area contributed by atoms with Crippen molar-refractivity contribution < 1.29 is 0 Å². The van der Waals surface area contributed by atoms with Crippen LogP contribution in [0.5, 0.6) is 0 Å². The Labute approximate surface area is 45.5 Å². The summed E-state index contributed by atoms with van der Waals surface area (Å²) in [6.07, 6.45) is 0. The molecule has 0 aromatic carbocycles. The quantitative estimate of drug-likeness (QED) is 0.378. The van der Waals surface area contributed by atoms with Gasteiger partial charge in [0.05, 0.1) is 0 Å². The first-order valence-corrected chi connectivity index (χ1v) is 3.36. The zero-order valence-electron chi connectivity index (χ0n) is 2.99. The molecule has 5 heavy (non-hydrogen) atoms. The lowest BCUT2D eigenvalue weighted by Gasteiger charge is -1.67. The fourth-order valence-corrected chi connectivity index (χ4v) is 0. The van der Waals surface area contributed by atoms with Gasteiger partial charge in [-0.2, -0.15) is 0 Å². The predicted octanol–water partition coefficient (Wildman–Crippen LogP) is 1.91. The monoisotopic (exact) mass is 132 g/mol. The van der Waals surface area contributed by atoms with Gasteiger partial charge in [-0.1, -0.05) is 0 Å². The molecule has 0 radical (unpaired) electrons. The van der Waals surface area contributed by atoms with Crippen LogP contribution in [0, 0.1) is 0 Å². The van der Waals surface area contributed by atoms with E-state index in [1.165, 1.54) is 0 Å². The SMILES string of the molecule is CPCCl.Cl. The molecular weight excluding hydrogens is 126 g/mol. The van der Waals surface area contributed by atoms with Crippen molar-refractivity contribution in [3.05, 3.63) is 0 Å². The molecule has 0 aromatic heterocycles. The van der Waals surface area contributed by atoms with Crippen LogP contribution >= 0.6 is 32.6 Å². The molecule has 0 saturated heterocycles. The van der Waals surface area contributed by atoms with Crippen LogP contribution in [0.3, 0.4) is 0 Å². The van der Waals surface area contributed by atoms with Gasteiger partial charge in [-0.3, -0.25) is 0 Å². The fraction of sp³-hybridized carbons (Fsp3) is 1.00. The van der Waals surface area contributed by atoms with E-state index in [9.17, 15) is 0 Å². The molecule has 0 aliphatic carbocycles. The third-order valence-electron chi connectivity index (χ3n) is 0.134. The third kappa shape index (κ3) is 11.2. The van der Waals surface area contributed by atoms with E-state index < -0.39 is 0 Å². The minimum atomic E-state index is 0. The molecule has 1 atom stereocenters. The number of hydrogen-bond acceptors (Lipinski definition) is 0. The molecule has 0 aromatic rings. The Hall–Kier alpha value is 1.01. The van der Waals surface area contributed by atoms with Crippen molar-refractivity contribution >= 4 is 32.6 Å². The van der Waals surface area contributed by atoms with Crippen molar-refractivity contribution in [3.8, 4) is 0 Å². The minimum Gasteiger partial charge on any atom is -0.147 e. The summed E-state index contributed by atoms with van der Waals surface area (Å²) < 4.78 is 0. The summed E-state index contributed by atoms with van der Waals surface area (Å²) in [5, 5.41) is 0. The molecule has 0 saturated carbocycles. The summed E-state index contributed by atoms with van der Waals surface area (Å²) >= 11 is 5.20. The Morgan fingerprint density at radius 1 is 1.80 bits per heavy atom. The summed E-state index contributed by atoms with van der Waals surface area (Å²) in [6, 6.07) is 0. The van der Waals surface area contributed by atoms with Crippen molar-refractivity contribution in [3.63, 3.8) is 0 Å². The normalized spacial score (nSPS) is 8.40. The lowest BCUT2D eigenvalue weighted by atomic mass is 11.9. The molecule has 0 amide bonds. The highest BCUT2D eigenvalue weighted by Gasteiger charge is 1.57. The van der Waals surface area contributed by atoms with Crippen LogP contribution in [0.4, 0.5) is 0 Å². The Morgan fingerprint density at radius 2 is 2.00 bits per heavy atom. The standard InChI is InChI=1S/C2H6ClP.ClH/c1-4-2-3;/h4H,2H2,1H3;1H. The van der Waals surface area contributed by atoms with Crippen molar-refractivity contribution in [2.45, 2.75) is 0 Å². The number of rotatable bonds is 1. The van der Waals surface area contributed by atoms with Crippen LogP contribution in [-0.2, 0) is 0 Å². The van der Waals surface area contributed by atoms with Crippen LogP contribution in [0.25, 0.3) is 0 Å². The summed E-state index contributed by atoms with van der Waals surface area (Å²) in [7, 11) is 0.906. The summed E-state index contributed by atoms with van der Waals surface area (Å²) in [5.41, 5.74) is 0.819. The third-order valence-corrected chi connectivity index (χ3v) is 1.20. The number of hydrogen-bond donors (Lipinski definition) is 0. The molecule has 0 nitrogen and oxygen atoms in total. The largest absolute Gasteiger partial charge is 0.147 e. The Kier molecular flexibility index (Phi) is 16.7. The first-order valence-electron chi connectivity index (χ1n) is 1.12. The zero-order valence-corrected chi connectivity index (χ0v) is 5.57. The molecule has 1 unspecified atom stereocenters. The molecular formula is C2H7Cl2P. The minimum absolute atomic E-state index is 0. The molecule has 0 spiro atoms. The number of alkyl halides is 1. The average Bonchev–Trinajstić information content (AvgIpc) is 1.37. The van der Waals surface area contributed by atoms with E-state index in [0.717, 1.165) is 14.2 Å². The van der Waals surface area contributed by atoms with Crippen LogP contribution in [0.15, 0.2) is 0 Å². The van der Waals surface area contributed by atoms with E-state index in [2.05, 4.69) is 6.66 Å². The van der Waals surface area contributed by atoms with Gasteiger partial charge < -0.3 is 0 Å². The molecule has 34 valence electrons. The smallest absolute Gasteiger partial charge is 0.0392 e. The van der Waals surface area contributed by atoms with Gasteiger partial charge in [0.2, 0.25) is 0 Å². The molecule has 0 aliphatic rings. The Morgan fingerprint density at radius 3 is 2.00 bits per heavy atom. The molecule has 0 heterocycles. The van der Waals surface area contributed by atoms with Gasteiger partial charge in [0.25, 0.3) is 0 Å². The average molecular weight is 133 g/mol. The van der Waals surface area contributed by atoms with E-state index in [-0.39, 0.29) is 12.4 Å². The maximum atomic E-state index is 5.20. The molecule has 0 rings (SSSR count). The van der Waals surface area contributed by atoms with Crippen LogP contribution < -0.4 is 0 Å². The summed E-state index contributed by atoms with van der Waals surface area (Å²) in [5.74, 6) is 0. The van der Waals surface area contributed by atoms with Crippen LogP contribution in [0.2, 0.25) is 0 Å². The van der Waals surface area contributed by atoms with E-state index in [1.807, 2.05) is 0 Å². The topological polar surface area (TPSA) is 0 Å². The first-order chi connectivity index (χ1) is 1.91. The van der Waals surface area contributed by atoms with Crippen molar-refractivity contribution in [2.24, 2.45) is 0 Å². The van der Waals surface area contributed by atoms with Gasteiger partial charge in [0, 0.05) is 5.62 Å². The van der Waals surface area contributed by atoms with Crippen molar-refractivity contribution in [1.82, 2.24) is 0 Å².